The number of ether oxygens (including phenoxy) is 1. The minimum Gasteiger partial charge on any atom is -0.410 e. The molecular formula is C9H11BrN2O6. The maximum Gasteiger partial charge on any atom is 0.330 e. The summed E-state index contributed by atoms with van der Waals surface area (Å²) in [6, 6.07) is 0. The van der Waals surface area contributed by atoms with E-state index in [2.05, 4.69) is 25.1 Å². The first kappa shape index (κ1) is 13.3. The average Bonchev–Trinajstić information content (AvgIpc) is 2.70. The Morgan fingerprint density at radius 1 is 1.61 bits per heavy atom. The Hall–Kier alpha value is -1.16. The van der Waals surface area contributed by atoms with Crippen molar-refractivity contribution in [2.45, 2.75) is 24.9 Å². The quantitative estimate of drug-likeness (QED) is 0.648. The van der Waals surface area contributed by atoms with Crippen molar-refractivity contribution in [1.82, 2.24) is 9.55 Å². The van der Waals surface area contributed by atoms with E-state index in [1.807, 2.05) is 0 Å². The van der Waals surface area contributed by atoms with Crippen LogP contribution in [0.1, 0.15) is 12.6 Å². The summed E-state index contributed by atoms with van der Waals surface area (Å²) >= 11 is 2.65. The van der Waals surface area contributed by atoms with Gasteiger partial charge in [-0.1, -0.05) is 0 Å². The molecule has 1 saturated heterocycles. The van der Waals surface area contributed by atoms with Crippen LogP contribution in [0.15, 0.2) is 15.8 Å². The van der Waals surface area contributed by atoms with E-state index < -0.39 is 29.7 Å². The monoisotopic (exact) mass is 322 g/mol. The fraction of sp³-hybridized carbons (Fsp3) is 0.556. The van der Waals surface area contributed by atoms with Crippen LogP contribution in [-0.2, 0) is 4.74 Å². The Labute approximate surface area is 109 Å². The van der Waals surface area contributed by atoms with Crippen LogP contribution >= 0.6 is 16.3 Å². The van der Waals surface area contributed by atoms with Gasteiger partial charge in [0.15, 0.2) is 16.3 Å². The van der Waals surface area contributed by atoms with E-state index in [1.54, 1.807) is 0 Å². The van der Waals surface area contributed by atoms with Crippen molar-refractivity contribution in [2.24, 2.45) is 0 Å². The highest BCUT2D eigenvalue weighted by Crippen LogP contribution is 2.27. The number of hydrogen-bond acceptors (Lipinski definition) is 6. The molecule has 1 fully saturated rings. The second kappa shape index (κ2) is 5.22. The second-order valence-electron chi connectivity index (χ2n) is 3.85. The van der Waals surface area contributed by atoms with Crippen LogP contribution in [0.5, 0.6) is 5.75 Å². The third-order valence-electron chi connectivity index (χ3n) is 2.71. The number of rotatable bonds is 3. The fourth-order valence-electron chi connectivity index (χ4n) is 1.79. The highest BCUT2D eigenvalue weighted by molar-refractivity contribution is 9.06. The van der Waals surface area contributed by atoms with Crippen molar-refractivity contribution in [1.29, 1.82) is 0 Å². The van der Waals surface area contributed by atoms with Gasteiger partial charge in [0.2, 0.25) is 5.75 Å². The molecule has 8 nitrogen and oxygen atoms in total. The van der Waals surface area contributed by atoms with Crippen molar-refractivity contribution < 1.29 is 18.8 Å². The van der Waals surface area contributed by atoms with Crippen molar-refractivity contribution in [3.05, 3.63) is 27.0 Å². The summed E-state index contributed by atoms with van der Waals surface area (Å²) in [7, 11) is 0. The second-order valence-corrected chi connectivity index (χ2v) is 4.18. The van der Waals surface area contributed by atoms with Crippen LogP contribution < -0.4 is 15.1 Å². The maximum atomic E-state index is 11.6. The predicted octanol–water partition coefficient (Wildman–Crippen LogP) is -1.13. The highest BCUT2D eigenvalue weighted by Gasteiger charge is 2.35. The molecule has 2 rings (SSSR count). The van der Waals surface area contributed by atoms with Gasteiger partial charge in [-0.05, 0) is 0 Å². The molecule has 0 unspecified atom stereocenters. The van der Waals surface area contributed by atoms with E-state index in [9.17, 15) is 14.7 Å². The molecule has 18 heavy (non-hydrogen) atoms. The smallest absolute Gasteiger partial charge is 0.330 e. The molecule has 0 amide bonds. The summed E-state index contributed by atoms with van der Waals surface area (Å²) in [5, 5.41) is 18.5. The van der Waals surface area contributed by atoms with Crippen LogP contribution in [0.25, 0.3) is 0 Å². The summed E-state index contributed by atoms with van der Waals surface area (Å²) in [6.45, 7) is -0.350. The first-order chi connectivity index (χ1) is 8.56. The number of H-pyrrole nitrogens is 1. The van der Waals surface area contributed by atoms with Gasteiger partial charge in [-0.2, -0.15) is 0 Å². The Bertz CT molecular complexity index is 541. The average molecular weight is 323 g/mol. The van der Waals surface area contributed by atoms with Crippen LogP contribution in [0.4, 0.5) is 0 Å². The van der Waals surface area contributed by atoms with E-state index in [4.69, 9.17) is 9.84 Å². The number of nitrogens with one attached hydrogen (secondary N) is 1. The highest BCUT2D eigenvalue weighted by atomic mass is 79.9. The first-order valence-corrected chi connectivity index (χ1v) is 5.80. The molecule has 100 valence electrons. The summed E-state index contributed by atoms with van der Waals surface area (Å²) < 4.78 is 11.0. The van der Waals surface area contributed by atoms with Crippen LogP contribution in [0.2, 0.25) is 0 Å². The van der Waals surface area contributed by atoms with E-state index in [0.717, 1.165) is 4.57 Å². The van der Waals surface area contributed by atoms with E-state index in [0.29, 0.717) is 0 Å². The zero-order chi connectivity index (χ0) is 13.3. The normalized spacial score (nSPS) is 27.4. The molecule has 3 atom stereocenters. The van der Waals surface area contributed by atoms with Crippen LogP contribution in [0.3, 0.4) is 0 Å². The number of aliphatic hydroxyl groups excluding tert-OH is 2. The van der Waals surface area contributed by atoms with Gasteiger partial charge in [0, 0.05) is 6.42 Å². The third kappa shape index (κ3) is 2.34. The largest absolute Gasteiger partial charge is 0.410 e. The molecule has 1 aromatic heterocycles. The minimum atomic E-state index is -0.868. The van der Waals surface area contributed by atoms with Gasteiger partial charge in [0.25, 0.3) is 5.56 Å². The number of hydrogen-bond donors (Lipinski definition) is 3. The lowest BCUT2D eigenvalue weighted by Crippen LogP contribution is -2.32. The van der Waals surface area contributed by atoms with Crippen molar-refractivity contribution in [2.75, 3.05) is 6.61 Å². The maximum absolute atomic E-state index is 11.6. The molecular weight excluding hydrogens is 312 g/mol. The molecule has 0 saturated carbocycles. The number of aliphatic hydroxyl groups is 2. The molecule has 2 heterocycles. The van der Waals surface area contributed by atoms with Crippen molar-refractivity contribution >= 4 is 16.3 Å². The van der Waals surface area contributed by atoms with E-state index >= 15 is 0 Å². The topological polar surface area (TPSA) is 114 Å². The van der Waals surface area contributed by atoms with Gasteiger partial charge >= 0.3 is 5.69 Å². The fourth-order valence-corrected chi connectivity index (χ4v) is 2.02. The summed E-state index contributed by atoms with van der Waals surface area (Å²) in [4.78, 5) is 24.9. The first-order valence-electron chi connectivity index (χ1n) is 5.15. The Morgan fingerprint density at radius 3 is 2.89 bits per heavy atom. The van der Waals surface area contributed by atoms with Crippen molar-refractivity contribution in [3.8, 4) is 5.75 Å². The van der Waals surface area contributed by atoms with Crippen LogP contribution in [-0.4, -0.2) is 38.6 Å². The van der Waals surface area contributed by atoms with Gasteiger partial charge in [-0.25, -0.2) is 4.79 Å². The Morgan fingerprint density at radius 2 is 2.33 bits per heavy atom. The zero-order valence-corrected chi connectivity index (χ0v) is 10.7. The lowest BCUT2D eigenvalue weighted by Gasteiger charge is -2.14. The molecule has 0 aliphatic carbocycles. The van der Waals surface area contributed by atoms with E-state index in [-0.39, 0.29) is 18.8 Å². The number of aromatic nitrogens is 2. The van der Waals surface area contributed by atoms with Crippen molar-refractivity contribution in [3.63, 3.8) is 0 Å². The lowest BCUT2D eigenvalue weighted by molar-refractivity contribution is -0.0460. The molecule has 0 aromatic carbocycles. The van der Waals surface area contributed by atoms with Gasteiger partial charge in [0.1, 0.15) is 12.3 Å². The third-order valence-corrected chi connectivity index (χ3v) is 3.06. The standard InChI is InChI=1S/C9H11BrN2O6/c10-18-5-2-12(9(16)11-8(5)15)7-1-4(14)6(3-13)17-7/h2,4,6-7,13-14H,1,3H2,(H,11,15,16)/t4-,6+,7+/m0/s1. The van der Waals surface area contributed by atoms with Gasteiger partial charge in [-0.3, -0.25) is 14.3 Å². The predicted molar refractivity (Wildman–Crippen MR) is 62.5 cm³/mol. The lowest BCUT2D eigenvalue weighted by atomic mass is 10.2. The Balaban J connectivity index is 2.35. The van der Waals surface area contributed by atoms with Gasteiger partial charge < -0.3 is 18.8 Å². The number of nitrogens with zero attached hydrogens (tertiary/aromatic N) is 1. The van der Waals surface area contributed by atoms with Gasteiger partial charge in [-0.15, -0.1) is 0 Å². The zero-order valence-electron chi connectivity index (χ0n) is 9.08. The number of halogens is 1. The molecule has 1 aromatic rings. The Kier molecular flexibility index (Phi) is 3.85. The number of aromatic amines is 1. The molecule has 1 aliphatic rings. The summed E-state index contributed by atoms with van der Waals surface area (Å²) in [5.74, 6) is -0.111. The minimum absolute atomic E-state index is 0.111. The van der Waals surface area contributed by atoms with E-state index in [1.165, 1.54) is 6.20 Å². The summed E-state index contributed by atoms with van der Waals surface area (Å²) in [6.07, 6.45) is -1.07. The summed E-state index contributed by atoms with van der Waals surface area (Å²) in [5.41, 5.74) is -1.35. The molecule has 9 heteroatoms. The molecule has 0 spiro atoms. The van der Waals surface area contributed by atoms with Gasteiger partial charge in [0.05, 0.1) is 18.9 Å². The molecule has 1 aliphatic heterocycles. The molecule has 0 bridgehead atoms. The van der Waals surface area contributed by atoms with Crippen LogP contribution in [0, 0.1) is 0 Å². The molecule has 0 radical (unpaired) electrons. The molecule has 3 N–H and O–H groups in total. The SMILES string of the molecule is O=c1[nH]c(=O)n([C@H]2C[C@H](O)[C@@H](CO)O2)cc1OBr.